The molecule has 0 aliphatic carbocycles. The van der Waals surface area contributed by atoms with Crippen LogP contribution in [0.4, 0.5) is 5.13 Å². The van der Waals surface area contributed by atoms with Gasteiger partial charge in [-0.25, -0.2) is 9.78 Å². The molecule has 2 aromatic carbocycles. The Morgan fingerprint density at radius 1 is 1.07 bits per heavy atom. The molecule has 0 fully saturated rings. The smallest absolute Gasteiger partial charge is 0.336 e. The van der Waals surface area contributed by atoms with Crippen molar-refractivity contribution in [3.05, 3.63) is 78.9 Å². The van der Waals surface area contributed by atoms with Gasteiger partial charge in [0, 0.05) is 38.0 Å². The molecule has 1 N–H and O–H groups in total. The van der Waals surface area contributed by atoms with Gasteiger partial charge < -0.3 is 4.42 Å². The van der Waals surface area contributed by atoms with E-state index in [9.17, 15) is 4.79 Å². The molecule has 5 nitrogen and oxygen atoms in total. The monoisotopic (exact) mass is 449 g/mol. The average molecular weight is 451 g/mol. The van der Waals surface area contributed by atoms with Gasteiger partial charge >= 0.3 is 5.63 Å². The Kier molecular flexibility index (Phi) is 5.37. The molecule has 0 unspecified atom stereocenters. The van der Waals surface area contributed by atoms with Gasteiger partial charge in [0.05, 0.1) is 16.9 Å². The summed E-state index contributed by atoms with van der Waals surface area (Å²) in [5.74, 6) is 0. The first-order chi connectivity index (χ1) is 13.5. The summed E-state index contributed by atoms with van der Waals surface area (Å²) in [5, 5.41) is 8.91. The zero-order chi connectivity index (χ0) is 19.7. The lowest BCUT2D eigenvalue weighted by Crippen LogP contribution is -2.01. The van der Waals surface area contributed by atoms with Gasteiger partial charge in [0.15, 0.2) is 0 Å². The van der Waals surface area contributed by atoms with Gasteiger partial charge in [-0.1, -0.05) is 34.8 Å². The molecule has 2 heterocycles. The zero-order valence-electron chi connectivity index (χ0n) is 13.9. The van der Waals surface area contributed by atoms with Gasteiger partial charge in [0.25, 0.3) is 0 Å². The lowest BCUT2D eigenvalue weighted by molar-refractivity contribution is 0.561. The number of halogens is 3. The number of anilines is 1. The molecule has 4 rings (SSSR count). The van der Waals surface area contributed by atoms with Crippen molar-refractivity contribution in [1.29, 1.82) is 0 Å². The van der Waals surface area contributed by atoms with Crippen molar-refractivity contribution in [2.75, 3.05) is 5.43 Å². The Labute approximate surface area is 178 Å². The molecule has 0 aliphatic rings. The van der Waals surface area contributed by atoms with Gasteiger partial charge in [-0.15, -0.1) is 11.3 Å². The molecule has 0 saturated carbocycles. The van der Waals surface area contributed by atoms with Crippen LogP contribution in [0, 0.1) is 0 Å². The molecule has 0 spiro atoms. The van der Waals surface area contributed by atoms with Crippen LogP contribution in [0.1, 0.15) is 5.56 Å². The van der Waals surface area contributed by atoms with Crippen LogP contribution < -0.4 is 11.1 Å². The van der Waals surface area contributed by atoms with Gasteiger partial charge in [0.2, 0.25) is 5.13 Å². The number of fused-ring (bicyclic) bond motifs is 1. The summed E-state index contributed by atoms with van der Waals surface area (Å²) >= 11 is 19.6. The summed E-state index contributed by atoms with van der Waals surface area (Å²) in [5.41, 5.74) is 4.90. The number of rotatable bonds is 4. The highest BCUT2D eigenvalue weighted by Crippen LogP contribution is 2.32. The molecule has 2 aromatic heterocycles. The molecular formula is C19H10Cl3N3O2S. The fourth-order valence-corrected chi connectivity index (χ4v) is 3.91. The molecule has 0 atom stereocenters. The molecule has 4 aromatic rings. The maximum absolute atomic E-state index is 11.7. The summed E-state index contributed by atoms with van der Waals surface area (Å²) in [6, 6.07) is 11.6. The van der Waals surface area contributed by atoms with Crippen molar-refractivity contribution in [3.63, 3.8) is 0 Å². The minimum atomic E-state index is -0.467. The number of thiazole rings is 1. The highest BCUT2D eigenvalue weighted by Gasteiger charge is 2.09. The van der Waals surface area contributed by atoms with Crippen LogP contribution in [0.5, 0.6) is 0 Å². The highest BCUT2D eigenvalue weighted by molar-refractivity contribution is 7.14. The SMILES string of the molecule is O=c1cc(/C=N\Nc2nc(-c3ccc(Cl)cc3Cl)cs2)c2cc(Cl)ccc2o1. The predicted molar refractivity (Wildman–Crippen MR) is 116 cm³/mol. The molecule has 0 radical (unpaired) electrons. The van der Waals surface area contributed by atoms with Crippen molar-refractivity contribution >= 4 is 68.5 Å². The van der Waals surface area contributed by atoms with Crippen molar-refractivity contribution in [2.45, 2.75) is 0 Å². The Bertz CT molecular complexity index is 1270. The predicted octanol–water partition coefficient (Wildman–Crippen LogP) is 6.32. The van der Waals surface area contributed by atoms with Crippen LogP contribution in [-0.2, 0) is 0 Å². The third kappa shape index (κ3) is 4.05. The second-order valence-electron chi connectivity index (χ2n) is 5.69. The van der Waals surface area contributed by atoms with Gasteiger partial charge in [0.1, 0.15) is 5.58 Å². The molecule has 0 aliphatic heterocycles. The Hall–Kier alpha value is -2.38. The maximum atomic E-state index is 11.7. The maximum Gasteiger partial charge on any atom is 0.336 e. The number of hydrogen-bond donors (Lipinski definition) is 1. The second kappa shape index (κ2) is 7.93. The molecule has 28 heavy (non-hydrogen) atoms. The van der Waals surface area contributed by atoms with Crippen molar-refractivity contribution in [3.8, 4) is 11.3 Å². The third-order valence-electron chi connectivity index (χ3n) is 3.81. The van der Waals surface area contributed by atoms with E-state index in [4.69, 9.17) is 39.2 Å². The minimum absolute atomic E-state index is 0.437. The average Bonchev–Trinajstić information content (AvgIpc) is 3.10. The lowest BCUT2D eigenvalue weighted by atomic mass is 10.1. The van der Waals surface area contributed by atoms with Crippen LogP contribution >= 0.6 is 46.1 Å². The third-order valence-corrected chi connectivity index (χ3v) is 5.34. The normalized spacial score (nSPS) is 11.4. The van der Waals surface area contributed by atoms with Crippen molar-refractivity contribution in [2.24, 2.45) is 5.10 Å². The second-order valence-corrected chi connectivity index (χ2v) is 7.83. The molecule has 0 saturated heterocycles. The van der Waals surface area contributed by atoms with E-state index in [2.05, 4.69) is 15.5 Å². The molecule has 0 bridgehead atoms. The Morgan fingerprint density at radius 3 is 2.68 bits per heavy atom. The van der Waals surface area contributed by atoms with E-state index in [1.54, 1.807) is 30.3 Å². The van der Waals surface area contributed by atoms with E-state index < -0.39 is 5.63 Å². The first-order valence-electron chi connectivity index (χ1n) is 7.93. The highest BCUT2D eigenvalue weighted by atomic mass is 35.5. The van der Waals surface area contributed by atoms with Gasteiger partial charge in [-0.3, -0.25) is 5.43 Å². The van der Waals surface area contributed by atoms with Gasteiger partial charge in [-0.2, -0.15) is 5.10 Å². The number of nitrogens with one attached hydrogen (secondary N) is 1. The molecule has 9 heteroatoms. The number of benzene rings is 2. The fraction of sp³-hybridized carbons (Fsp3) is 0. The first kappa shape index (κ1) is 19.0. The van der Waals surface area contributed by atoms with E-state index in [-0.39, 0.29) is 0 Å². The number of aromatic nitrogens is 1. The quantitative estimate of drug-likeness (QED) is 0.224. The van der Waals surface area contributed by atoms with Crippen molar-refractivity contribution < 1.29 is 4.42 Å². The summed E-state index contributed by atoms with van der Waals surface area (Å²) in [4.78, 5) is 16.2. The van der Waals surface area contributed by atoms with E-state index in [0.717, 1.165) is 5.56 Å². The van der Waals surface area contributed by atoms with Crippen LogP contribution in [0.25, 0.3) is 22.2 Å². The summed E-state index contributed by atoms with van der Waals surface area (Å²) in [7, 11) is 0. The first-order valence-corrected chi connectivity index (χ1v) is 9.94. The van der Waals surface area contributed by atoms with Crippen LogP contribution in [0.2, 0.25) is 15.1 Å². The number of nitrogens with zero attached hydrogens (tertiary/aromatic N) is 2. The van der Waals surface area contributed by atoms with E-state index in [1.807, 2.05) is 11.4 Å². The van der Waals surface area contributed by atoms with Crippen LogP contribution in [0.15, 0.2) is 62.2 Å². The molecule has 140 valence electrons. The van der Waals surface area contributed by atoms with Crippen molar-refractivity contribution in [1.82, 2.24) is 4.98 Å². The topological polar surface area (TPSA) is 67.5 Å². The van der Waals surface area contributed by atoms with Crippen LogP contribution in [-0.4, -0.2) is 11.2 Å². The summed E-state index contributed by atoms with van der Waals surface area (Å²) in [6.07, 6.45) is 1.52. The largest absolute Gasteiger partial charge is 0.423 e. The van der Waals surface area contributed by atoms with Crippen LogP contribution in [0.3, 0.4) is 0 Å². The number of hydrogen-bond acceptors (Lipinski definition) is 6. The van der Waals surface area contributed by atoms with E-state index >= 15 is 0 Å². The Morgan fingerprint density at radius 2 is 1.86 bits per heavy atom. The standard InChI is InChI=1S/C19H10Cl3N3O2S/c20-11-2-4-17-14(6-11)10(5-18(26)27-17)8-23-25-19-24-16(9-28-19)13-3-1-12(21)7-15(13)22/h1-9H,(H,24,25)/b23-8-. The van der Waals surface area contributed by atoms with E-state index in [1.165, 1.54) is 23.6 Å². The lowest BCUT2D eigenvalue weighted by Gasteiger charge is -2.01. The summed E-state index contributed by atoms with van der Waals surface area (Å²) in [6.45, 7) is 0. The summed E-state index contributed by atoms with van der Waals surface area (Å²) < 4.78 is 5.17. The molecule has 0 amide bonds. The Balaban J connectivity index is 1.58. The van der Waals surface area contributed by atoms with Gasteiger partial charge in [-0.05, 0) is 36.4 Å². The molecular weight excluding hydrogens is 441 g/mol. The zero-order valence-corrected chi connectivity index (χ0v) is 17.0. The minimum Gasteiger partial charge on any atom is -0.423 e. The fourth-order valence-electron chi connectivity index (χ4n) is 2.57. The van der Waals surface area contributed by atoms with E-state index in [0.29, 0.717) is 42.4 Å². The number of hydrazone groups is 1.